The van der Waals surface area contributed by atoms with Crippen molar-refractivity contribution < 1.29 is 5.11 Å². The maximum atomic E-state index is 9.49. The molecule has 0 aromatic carbocycles. The van der Waals surface area contributed by atoms with E-state index in [0.29, 0.717) is 11.4 Å². The molecule has 0 fully saturated rings. The lowest BCUT2D eigenvalue weighted by molar-refractivity contribution is 0.107. The summed E-state index contributed by atoms with van der Waals surface area (Å²) < 4.78 is 0. The molecule has 0 saturated carbocycles. The SMILES string of the molecule is CC(C)(O)CSc1ccncc1N. The van der Waals surface area contributed by atoms with Gasteiger partial charge in [-0.05, 0) is 19.9 Å². The quantitative estimate of drug-likeness (QED) is 0.723. The van der Waals surface area contributed by atoms with Gasteiger partial charge in [-0.1, -0.05) is 0 Å². The molecule has 0 aliphatic heterocycles. The summed E-state index contributed by atoms with van der Waals surface area (Å²) in [6.45, 7) is 3.55. The molecule has 72 valence electrons. The van der Waals surface area contributed by atoms with Crippen LogP contribution in [0.1, 0.15) is 13.8 Å². The number of nitrogens with zero attached hydrogens (tertiary/aromatic N) is 1. The number of thioether (sulfide) groups is 1. The fraction of sp³-hybridized carbons (Fsp3) is 0.444. The van der Waals surface area contributed by atoms with E-state index in [0.717, 1.165) is 4.90 Å². The highest BCUT2D eigenvalue weighted by Gasteiger charge is 2.13. The maximum Gasteiger partial charge on any atom is 0.0685 e. The van der Waals surface area contributed by atoms with Crippen LogP contribution in [0, 0.1) is 0 Å². The summed E-state index contributed by atoms with van der Waals surface area (Å²) in [5, 5.41) is 9.49. The van der Waals surface area contributed by atoms with E-state index in [9.17, 15) is 5.11 Å². The molecule has 0 amide bonds. The van der Waals surface area contributed by atoms with E-state index in [1.807, 2.05) is 6.07 Å². The van der Waals surface area contributed by atoms with Gasteiger partial charge in [-0.25, -0.2) is 0 Å². The molecule has 0 radical (unpaired) electrons. The van der Waals surface area contributed by atoms with Crippen LogP contribution in [0.15, 0.2) is 23.4 Å². The van der Waals surface area contributed by atoms with Crippen molar-refractivity contribution >= 4 is 17.4 Å². The Morgan fingerprint density at radius 1 is 1.62 bits per heavy atom. The molecule has 1 rings (SSSR count). The number of hydrogen-bond acceptors (Lipinski definition) is 4. The summed E-state index contributed by atoms with van der Waals surface area (Å²) in [5.74, 6) is 0.626. The molecule has 0 unspecified atom stereocenters. The number of rotatable bonds is 3. The van der Waals surface area contributed by atoms with Crippen molar-refractivity contribution in [3.05, 3.63) is 18.5 Å². The van der Waals surface area contributed by atoms with Crippen LogP contribution in [0.4, 0.5) is 5.69 Å². The lowest BCUT2D eigenvalue weighted by Crippen LogP contribution is -2.21. The van der Waals surface area contributed by atoms with Gasteiger partial charge < -0.3 is 10.8 Å². The number of anilines is 1. The minimum absolute atomic E-state index is 0.626. The second-order valence-electron chi connectivity index (χ2n) is 3.51. The molecule has 0 spiro atoms. The molecule has 0 aliphatic carbocycles. The average molecular weight is 198 g/mol. The molecular formula is C9H14N2OS. The highest BCUT2D eigenvalue weighted by atomic mass is 32.2. The Balaban J connectivity index is 2.60. The summed E-state index contributed by atoms with van der Waals surface area (Å²) in [5.41, 5.74) is 5.68. The molecular weight excluding hydrogens is 184 g/mol. The van der Waals surface area contributed by atoms with Crippen molar-refractivity contribution in [3.8, 4) is 0 Å². The maximum absolute atomic E-state index is 9.49. The van der Waals surface area contributed by atoms with Crippen LogP contribution < -0.4 is 5.73 Å². The third-order valence-electron chi connectivity index (χ3n) is 1.39. The molecule has 1 aromatic heterocycles. The first kappa shape index (κ1) is 10.3. The summed E-state index contributed by atoms with van der Waals surface area (Å²) in [4.78, 5) is 4.86. The summed E-state index contributed by atoms with van der Waals surface area (Å²) in [6, 6.07) is 1.85. The summed E-state index contributed by atoms with van der Waals surface area (Å²) in [6.07, 6.45) is 3.32. The minimum atomic E-state index is -0.666. The molecule has 3 nitrogen and oxygen atoms in total. The largest absolute Gasteiger partial charge is 0.397 e. The smallest absolute Gasteiger partial charge is 0.0685 e. The van der Waals surface area contributed by atoms with Gasteiger partial charge in [-0.3, -0.25) is 4.98 Å². The van der Waals surface area contributed by atoms with Crippen LogP contribution in [0.25, 0.3) is 0 Å². The number of aromatic nitrogens is 1. The Hall–Kier alpha value is -0.740. The van der Waals surface area contributed by atoms with Gasteiger partial charge >= 0.3 is 0 Å². The summed E-state index contributed by atoms with van der Waals surface area (Å²) in [7, 11) is 0. The van der Waals surface area contributed by atoms with E-state index in [1.54, 1.807) is 26.2 Å². The van der Waals surface area contributed by atoms with E-state index in [-0.39, 0.29) is 0 Å². The van der Waals surface area contributed by atoms with Crippen molar-refractivity contribution in [1.29, 1.82) is 0 Å². The van der Waals surface area contributed by atoms with E-state index >= 15 is 0 Å². The monoisotopic (exact) mass is 198 g/mol. The van der Waals surface area contributed by atoms with Crippen LogP contribution in [0.3, 0.4) is 0 Å². The van der Waals surface area contributed by atoms with Crippen LogP contribution in [0.2, 0.25) is 0 Å². The molecule has 0 bridgehead atoms. The third kappa shape index (κ3) is 3.65. The minimum Gasteiger partial charge on any atom is -0.397 e. The van der Waals surface area contributed by atoms with E-state index < -0.39 is 5.60 Å². The van der Waals surface area contributed by atoms with E-state index in [1.165, 1.54) is 11.8 Å². The third-order valence-corrected chi connectivity index (χ3v) is 2.92. The number of nitrogens with two attached hydrogens (primary N) is 1. The van der Waals surface area contributed by atoms with Gasteiger partial charge in [0.15, 0.2) is 0 Å². The molecule has 13 heavy (non-hydrogen) atoms. The Kier molecular flexibility index (Phi) is 3.17. The molecule has 0 aliphatic rings. The normalized spacial score (nSPS) is 11.6. The van der Waals surface area contributed by atoms with Crippen molar-refractivity contribution in [1.82, 2.24) is 4.98 Å². The zero-order valence-electron chi connectivity index (χ0n) is 7.82. The molecule has 0 atom stereocenters. The number of aliphatic hydroxyl groups is 1. The van der Waals surface area contributed by atoms with Crippen molar-refractivity contribution in [2.45, 2.75) is 24.3 Å². The lowest BCUT2D eigenvalue weighted by Gasteiger charge is -2.16. The second-order valence-corrected chi connectivity index (χ2v) is 4.53. The lowest BCUT2D eigenvalue weighted by atomic mass is 10.2. The zero-order chi connectivity index (χ0) is 9.90. The Labute approximate surface area is 82.4 Å². The van der Waals surface area contributed by atoms with E-state index in [4.69, 9.17) is 5.73 Å². The van der Waals surface area contributed by atoms with Gasteiger partial charge in [0.25, 0.3) is 0 Å². The fourth-order valence-corrected chi connectivity index (χ4v) is 1.66. The zero-order valence-corrected chi connectivity index (χ0v) is 8.64. The Morgan fingerprint density at radius 3 is 2.85 bits per heavy atom. The fourth-order valence-electron chi connectivity index (χ4n) is 0.780. The topological polar surface area (TPSA) is 59.1 Å². The number of pyridine rings is 1. The van der Waals surface area contributed by atoms with Crippen molar-refractivity contribution in [2.24, 2.45) is 0 Å². The Morgan fingerprint density at radius 2 is 2.31 bits per heavy atom. The molecule has 4 heteroatoms. The molecule has 1 heterocycles. The second kappa shape index (κ2) is 3.98. The number of hydrogen-bond donors (Lipinski definition) is 2. The van der Waals surface area contributed by atoms with Gasteiger partial charge in [0, 0.05) is 16.8 Å². The highest BCUT2D eigenvalue weighted by Crippen LogP contribution is 2.26. The van der Waals surface area contributed by atoms with Crippen molar-refractivity contribution in [3.63, 3.8) is 0 Å². The molecule has 1 aromatic rings. The van der Waals surface area contributed by atoms with Gasteiger partial charge in [-0.2, -0.15) is 0 Å². The predicted octanol–water partition coefficient (Wildman–Crippen LogP) is 1.53. The van der Waals surface area contributed by atoms with Crippen LogP contribution >= 0.6 is 11.8 Å². The van der Waals surface area contributed by atoms with Gasteiger partial charge in [0.1, 0.15) is 0 Å². The van der Waals surface area contributed by atoms with Gasteiger partial charge in [-0.15, -0.1) is 11.8 Å². The van der Waals surface area contributed by atoms with E-state index in [2.05, 4.69) is 4.98 Å². The first-order valence-electron chi connectivity index (χ1n) is 4.04. The summed E-state index contributed by atoms with van der Waals surface area (Å²) >= 11 is 1.54. The molecule has 3 N–H and O–H groups in total. The van der Waals surface area contributed by atoms with Gasteiger partial charge in [0.2, 0.25) is 0 Å². The van der Waals surface area contributed by atoms with Crippen LogP contribution in [-0.2, 0) is 0 Å². The van der Waals surface area contributed by atoms with Gasteiger partial charge in [0.05, 0.1) is 17.5 Å². The first-order valence-corrected chi connectivity index (χ1v) is 5.02. The van der Waals surface area contributed by atoms with Crippen molar-refractivity contribution in [2.75, 3.05) is 11.5 Å². The van der Waals surface area contributed by atoms with Crippen LogP contribution in [-0.4, -0.2) is 21.4 Å². The predicted molar refractivity (Wildman–Crippen MR) is 55.7 cm³/mol. The van der Waals surface area contributed by atoms with Crippen LogP contribution in [0.5, 0.6) is 0 Å². The average Bonchev–Trinajstić information content (AvgIpc) is 2.01. The number of nitrogen functional groups attached to an aromatic ring is 1. The highest BCUT2D eigenvalue weighted by molar-refractivity contribution is 7.99. The Bertz CT molecular complexity index is 283. The standard InChI is InChI=1S/C9H14N2OS/c1-9(2,12)6-13-8-3-4-11-5-7(8)10/h3-5,12H,6,10H2,1-2H3. The first-order chi connectivity index (χ1) is 5.99. The molecule has 0 saturated heterocycles.